The van der Waals surface area contributed by atoms with Crippen molar-refractivity contribution in [3.8, 4) is 0 Å². The first-order valence-corrected chi connectivity index (χ1v) is 11.0. The molecule has 2 heterocycles. The molecule has 1 saturated carbocycles. The predicted octanol–water partition coefficient (Wildman–Crippen LogP) is 3.89. The first kappa shape index (κ1) is 22.0. The van der Waals surface area contributed by atoms with Crippen molar-refractivity contribution in [2.45, 2.75) is 45.1 Å². The van der Waals surface area contributed by atoms with Crippen molar-refractivity contribution >= 4 is 28.5 Å². The standard InChI is InChI=1S/C24H28N4O4/c1-15-4-3-5-20(25-15)23(30)26-22-12-17-14-28(18-8-6-16(7-9-18)10-11-29)27-21(17)13-19(22)24(31)32-2/h3-5,12-14,16,18,29H,6-11H2,1-2H3,(H,26,30). The van der Waals surface area contributed by atoms with Crippen LogP contribution in [0.2, 0.25) is 0 Å². The number of amides is 1. The van der Waals surface area contributed by atoms with E-state index < -0.39 is 11.9 Å². The van der Waals surface area contributed by atoms with Crippen LogP contribution < -0.4 is 5.32 Å². The zero-order valence-corrected chi connectivity index (χ0v) is 18.4. The second kappa shape index (κ2) is 9.48. The Kier molecular flexibility index (Phi) is 6.50. The van der Waals surface area contributed by atoms with E-state index in [2.05, 4.69) is 10.3 Å². The van der Waals surface area contributed by atoms with Crippen molar-refractivity contribution in [1.29, 1.82) is 0 Å². The van der Waals surface area contributed by atoms with Crippen molar-refractivity contribution in [2.75, 3.05) is 19.0 Å². The van der Waals surface area contributed by atoms with E-state index in [0.717, 1.165) is 43.2 Å². The van der Waals surface area contributed by atoms with E-state index in [1.165, 1.54) is 7.11 Å². The number of aromatic nitrogens is 3. The maximum Gasteiger partial charge on any atom is 0.340 e. The van der Waals surface area contributed by atoms with E-state index in [1.807, 2.05) is 23.9 Å². The van der Waals surface area contributed by atoms with Gasteiger partial charge in [0.25, 0.3) is 5.91 Å². The van der Waals surface area contributed by atoms with Gasteiger partial charge in [-0.05, 0) is 69.2 Å². The second-order valence-corrected chi connectivity index (χ2v) is 8.36. The topological polar surface area (TPSA) is 106 Å². The summed E-state index contributed by atoms with van der Waals surface area (Å²) in [5.41, 5.74) is 2.30. The zero-order valence-electron chi connectivity index (χ0n) is 18.4. The molecule has 2 N–H and O–H groups in total. The molecule has 3 aromatic rings. The Bertz CT molecular complexity index is 1130. The summed E-state index contributed by atoms with van der Waals surface area (Å²) in [6, 6.07) is 8.91. The van der Waals surface area contributed by atoms with Crippen LogP contribution in [0.25, 0.3) is 10.9 Å². The van der Waals surface area contributed by atoms with Crippen molar-refractivity contribution < 1.29 is 19.4 Å². The summed E-state index contributed by atoms with van der Waals surface area (Å²) in [7, 11) is 1.31. The summed E-state index contributed by atoms with van der Waals surface area (Å²) in [6.07, 6.45) is 6.97. The Hall–Kier alpha value is -3.26. The number of carbonyl (C=O) groups is 2. The van der Waals surface area contributed by atoms with E-state index in [9.17, 15) is 14.7 Å². The lowest BCUT2D eigenvalue weighted by Crippen LogP contribution is -2.19. The molecule has 2 aromatic heterocycles. The Morgan fingerprint density at radius 3 is 2.69 bits per heavy atom. The molecule has 0 atom stereocenters. The Labute approximate surface area is 186 Å². The van der Waals surface area contributed by atoms with Crippen molar-refractivity contribution in [2.24, 2.45) is 5.92 Å². The molecule has 4 rings (SSSR count). The lowest BCUT2D eigenvalue weighted by molar-refractivity contribution is 0.0602. The summed E-state index contributed by atoms with van der Waals surface area (Å²) >= 11 is 0. The highest BCUT2D eigenvalue weighted by atomic mass is 16.5. The number of hydrogen-bond acceptors (Lipinski definition) is 6. The molecule has 1 aromatic carbocycles. The van der Waals surface area contributed by atoms with E-state index in [1.54, 1.807) is 24.3 Å². The van der Waals surface area contributed by atoms with Gasteiger partial charge in [0.05, 0.1) is 29.9 Å². The van der Waals surface area contributed by atoms with Crippen LogP contribution in [0.4, 0.5) is 5.69 Å². The average Bonchev–Trinajstić information content (AvgIpc) is 3.21. The number of fused-ring (bicyclic) bond motifs is 1. The summed E-state index contributed by atoms with van der Waals surface area (Å²) < 4.78 is 6.90. The highest BCUT2D eigenvalue weighted by Crippen LogP contribution is 2.34. The van der Waals surface area contributed by atoms with Gasteiger partial charge in [0, 0.05) is 23.9 Å². The van der Waals surface area contributed by atoms with Crippen LogP contribution >= 0.6 is 0 Å². The third-order valence-electron chi connectivity index (χ3n) is 6.16. The van der Waals surface area contributed by atoms with Crippen molar-refractivity contribution in [3.05, 3.63) is 53.5 Å². The molecular weight excluding hydrogens is 408 g/mol. The monoisotopic (exact) mass is 436 g/mol. The van der Waals surface area contributed by atoms with Gasteiger partial charge < -0.3 is 15.2 Å². The number of aliphatic hydroxyl groups excluding tert-OH is 1. The lowest BCUT2D eigenvalue weighted by atomic mass is 9.84. The number of benzene rings is 1. The fourth-order valence-electron chi connectivity index (χ4n) is 4.40. The van der Waals surface area contributed by atoms with Gasteiger partial charge in [-0.15, -0.1) is 0 Å². The molecule has 8 heteroatoms. The molecule has 0 spiro atoms. The molecule has 32 heavy (non-hydrogen) atoms. The molecule has 0 radical (unpaired) electrons. The Morgan fingerprint density at radius 2 is 2.00 bits per heavy atom. The van der Waals surface area contributed by atoms with Crippen LogP contribution in [0.3, 0.4) is 0 Å². The van der Waals surface area contributed by atoms with E-state index >= 15 is 0 Å². The molecule has 168 valence electrons. The molecule has 0 saturated heterocycles. The number of methoxy groups -OCH3 is 1. The number of carbonyl (C=O) groups excluding carboxylic acids is 2. The SMILES string of the molecule is COC(=O)c1cc2nn(C3CCC(CCO)CC3)cc2cc1NC(=O)c1cccc(C)n1. The van der Waals surface area contributed by atoms with Crippen molar-refractivity contribution in [1.82, 2.24) is 14.8 Å². The quantitative estimate of drug-likeness (QED) is 0.568. The zero-order chi connectivity index (χ0) is 22.7. The maximum absolute atomic E-state index is 12.7. The second-order valence-electron chi connectivity index (χ2n) is 8.36. The van der Waals surface area contributed by atoms with Gasteiger partial charge in [-0.1, -0.05) is 6.07 Å². The number of esters is 1. The molecule has 1 amide bonds. The fourth-order valence-corrected chi connectivity index (χ4v) is 4.40. The highest BCUT2D eigenvalue weighted by Gasteiger charge is 2.24. The first-order valence-electron chi connectivity index (χ1n) is 11.0. The van der Waals surface area contributed by atoms with Gasteiger partial charge in [0.1, 0.15) is 5.69 Å². The van der Waals surface area contributed by atoms with Crippen LogP contribution in [0.1, 0.15) is 64.7 Å². The van der Waals surface area contributed by atoms with Gasteiger partial charge in [-0.3, -0.25) is 9.48 Å². The number of aryl methyl sites for hydroxylation is 1. The molecule has 1 aliphatic rings. The van der Waals surface area contributed by atoms with Crippen LogP contribution in [-0.2, 0) is 4.74 Å². The van der Waals surface area contributed by atoms with Gasteiger partial charge in [0.2, 0.25) is 0 Å². The number of ether oxygens (including phenoxy) is 1. The molecule has 1 fully saturated rings. The van der Waals surface area contributed by atoms with E-state index in [-0.39, 0.29) is 23.9 Å². The number of nitrogens with one attached hydrogen (secondary N) is 1. The minimum atomic E-state index is -0.543. The van der Waals surface area contributed by atoms with Gasteiger partial charge in [0.15, 0.2) is 0 Å². The molecule has 0 bridgehead atoms. The number of nitrogens with zero attached hydrogens (tertiary/aromatic N) is 3. The lowest BCUT2D eigenvalue weighted by Gasteiger charge is -2.28. The van der Waals surface area contributed by atoms with E-state index in [4.69, 9.17) is 9.84 Å². The number of aliphatic hydroxyl groups is 1. The smallest absolute Gasteiger partial charge is 0.340 e. The summed E-state index contributed by atoms with van der Waals surface area (Å²) in [5, 5.41) is 17.5. The van der Waals surface area contributed by atoms with Crippen LogP contribution in [-0.4, -0.2) is 45.5 Å². The fraction of sp³-hybridized carbons (Fsp3) is 0.417. The molecular formula is C24H28N4O4. The van der Waals surface area contributed by atoms with Crippen LogP contribution in [0, 0.1) is 12.8 Å². The van der Waals surface area contributed by atoms with E-state index in [0.29, 0.717) is 17.1 Å². The van der Waals surface area contributed by atoms with Gasteiger partial charge in [-0.25, -0.2) is 9.78 Å². The maximum atomic E-state index is 12.7. The Balaban J connectivity index is 1.62. The predicted molar refractivity (Wildman–Crippen MR) is 121 cm³/mol. The molecule has 8 nitrogen and oxygen atoms in total. The third kappa shape index (κ3) is 4.65. The molecule has 1 aliphatic carbocycles. The van der Waals surface area contributed by atoms with Gasteiger partial charge >= 0.3 is 5.97 Å². The van der Waals surface area contributed by atoms with Gasteiger partial charge in [-0.2, -0.15) is 5.10 Å². The number of rotatable bonds is 6. The normalized spacial score (nSPS) is 18.5. The number of hydrogen-bond donors (Lipinski definition) is 2. The number of anilines is 1. The Morgan fingerprint density at radius 1 is 1.22 bits per heavy atom. The molecule has 0 unspecified atom stereocenters. The summed E-state index contributed by atoms with van der Waals surface area (Å²) in [6.45, 7) is 2.05. The largest absolute Gasteiger partial charge is 0.465 e. The summed E-state index contributed by atoms with van der Waals surface area (Å²) in [4.78, 5) is 29.4. The van der Waals surface area contributed by atoms with Crippen LogP contribution in [0.5, 0.6) is 0 Å². The third-order valence-corrected chi connectivity index (χ3v) is 6.16. The first-order chi connectivity index (χ1) is 15.5. The molecule has 0 aliphatic heterocycles. The number of pyridine rings is 1. The average molecular weight is 437 g/mol. The van der Waals surface area contributed by atoms with Crippen LogP contribution in [0.15, 0.2) is 36.5 Å². The van der Waals surface area contributed by atoms with Crippen molar-refractivity contribution in [3.63, 3.8) is 0 Å². The minimum Gasteiger partial charge on any atom is -0.465 e. The highest BCUT2D eigenvalue weighted by molar-refractivity contribution is 6.09. The minimum absolute atomic E-state index is 0.240. The summed E-state index contributed by atoms with van der Waals surface area (Å²) in [5.74, 6) is -0.365.